The summed E-state index contributed by atoms with van der Waals surface area (Å²) in [7, 11) is 0. The molecule has 1 aliphatic rings. The van der Waals surface area contributed by atoms with Crippen LogP contribution in [0.15, 0.2) is 23.7 Å². The van der Waals surface area contributed by atoms with Crippen LogP contribution in [0, 0.1) is 0 Å². The Morgan fingerprint density at radius 1 is 1.64 bits per heavy atom. The first-order valence-corrected chi connectivity index (χ1v) is 3.34. The van der Waals surface area contributed by atoms with E-state index in [-0.39, 0.29) is 5.76 Å². The minimum Gasteiger partial charge on any atom is -0.508 e. The average Bonchev–Trinajstić information content (AvgIpc) is 1.94. The summed E-state index contributed by atoms with van der Waals surface area (Å²) >= 11 is 0. The molecular formula is C7H11NO3. The maximum atomic E-state index is 9.05. The monoisotopic (exact) mass is 157 g/mol. The van der Waals surface area contributed by atoms with Gasteiger partial charge in [0, 0.05) is 11.9 Å². The number of aliphatic hydroxyl groups is 3. The Balaban J connectivity index is 2.69. The molecule has 0 aromatic carbocycles. The van der Waals surface area contributed by atoms with Crippen molar-refractivity contribution in [2.24, 2.45) is 0 Å². The highest BCUT2D eigenvalue weighted by Crippen LogP contribution is 2.10. The highest BCUT2D eigenvalue weighted by Gasteiger charge is 2.15. The van der Waals surface area contributed by atoms with Crippen molar-refractivity contribution < 1.29 is 15.3 Å². The highest BCUT2D eigenvalue weighted by molar-refractivity contribution is 5.21. The molecule has 11 heavy (non-hydrogen) atoms. The normalized spacial score (nSPS) is 26.6. The lowest BCUT2D eigenvalue weighted by atomic mass is 10.1. The fraction of sp³-hybridized carbons (Fsp3) is 0.429. The fourth-order valence-electron chi connectivity index (χ4n) is 0.806. The van der Waals surface area contributed by atoms with Gasteiger partial charge in [0.2, 0.25) is 0 Å². The third-order valence-corrected chi connectivity index (χ3v) is 1.48. The van der Waals surface area contributed by atoms with Crippen molar-refractivity contribution in [3.05, 3.63) is 23.7 Å². The predicted molar refractivity (Wildman–Crippen MR) is 39.6 cm³/mol. The minimum atomic E-state index is -0.999. The maximum absolute atomic E-state index is 9.05. The third kappa shape index (κ3) is 1.72. The van der Waals surface area contributed by atoms with Crippen LogP contribution in [0.2, 0.25) is 0 Å². The van der Waals surface area contributed by atoms with Crippen molar-refractivity contribution >= 4 is 0 Å². The van der Waals surface area contributed by atoms with E-state index >= 15 is 0 Å². The summed E-state index contributed by atoms with van der Waals surface area (Å²) in [4.78, 5) is 0. The van der Waals surface area contributed by atoms with E-state index in [2.05, 4.69) is 5.32 Å². The molecule has 0 bridgehead atoms. The Labute approximate surface area is 64.5 Å². The van der Waals surface area contributed by atoms with E-state index in [1.54, 1.807) is 6.92 Å². The zero-order chi connectivity index (χ0) is 8.43. The van der Waals surface area contributed by atoms with E-state index in [1.165, 1.54) is 12.3 Å². The van der Waals surface area contributed by atoms with E-state index in [1.807, 2.05) is 0 Å². The quantitative estimate of drug-likeness (QED) is 0.418. The molecule has 0 amide bonds. The minimum absolute atomic E-state index is 0.144. The molecule has 0 saturated heterocycles. The van der Waals surface area contributed by atoms with Crippen LogP contribution in [0.3, 0.4) is 0 Å². The first-order valence-electron chi connectivity index (χ1n) is 3.34. The maximum Gasteiger partial charge on any atom is 0.141 e. The lowest BCUT2D eigenvalue weighted by Gasteiger charge is -2.18. The topological polar surface area (TPSA) is 72.7 Å². The molecule has 62 valence electrons. The molecule has 0 radical (unpaired) electrons. The summed E-state index contributed by atoms with van der Waals surface area (Å²) in [6.07, 6.45) is 0.960. The van der Waals surface area contributed by atoms with Crippen LogP contribution in [0.1, 0.15) is 6.92 Å². The van der Waals surface area contributed by atoms with E-state index in [0.29, 0.717) is 5.70 Å². The van der Waals surface area contributed by atoms with Crippen LogP contribution in [0.4, 0.5) is 0 Å². The van der Waals surface area contributed by atoms with Crippen LogP contribution in [0.5, 0.6) is 0 Å². The second-order valence-electron chi connectivity index (χ2n) is 2.46. The lowest BCUT2D eigenvalue weighted by Crippen LogP contribution is -2.26. The summed E-state index contributed by atoms with van der Waals surface area (Å²) in [5.74, 6) is -0.144. The number of hydrogen-bond donors (Lipinski definition) is 4. The van der Waals surface area contributed by atoms with Gasteiger partial charge in [-0.15, -0.1) is 0 Å². The number of nitrogens with one attached hydrogen (secondary N) is 1. The van der Waals surface area contributed by atoms with Gasteiger partial charge in [-0.3, -0.25) is 0 Å². The van der Waals surface area contributed by atoms with Crippen molar-refractivity contribution in [1.29, 1.82) is 0 Å². The fourth-order valence-corrected chi connectivity index (χ4v) is 0.806. The number of aliphatic hydroxyl groups excluding tert-OH is 3. The first-order chi connectivity index (χ1) is 5.11. The van der Waals surface area contributed by atoms with Gasteiger partial charge >= 0.3 is 0 Å². The summed E-state index contributed by atoms with van der Waals surface area (Å²) in [6.45, 7) is 1.57. The van der Waals surface area contributed by atoms with Crippen molar-refractivity contribution in [2.75, 3.05) is 0 Å². The van der Waals surface area contributed by atoms with Gasteiger partial charge in [-0.1, -0.05) is 0 Å². The van der Waals surface area contributed by atoms with Gasteiger partial charge in [0.05, 0.1) is 6.10 Å². The Kier molecular flexibility index (Phi) is 2.16. The van der Waals surface area contributed by atoms with Gasteiger partial charge in [0.25, 0.3) is 0 Å². The smallest absolute Gasteiger partial charge is 0.141 e. The van der Waals surface area contributed by atoms with Crippen LogP contribution in [-0.4, -0.2) is 27.5 Å². The molecule has 2 atom stereocenters. The zero-order valence-corrected chi connectivity index (χ0v) is 6.15. The Morgan fingerprint density at radius 3 is 2.73 bits per heavy atom. The van der Waals surface area contributed by atoms with Crippen molar-refractivity contribution in [1.82, 2.24) is 5.32 Å². The Morgan fingerprint density at radius 2 is 2.27 bits per heavy atom. The molecule has 4 N–H and O–H groups in total. The third-order valence-electron chi connectivity index (χ3n) is 1.48. The summed E-state index contributed by atoms with van der Waals surface area (Å²) in [5, 5.41) is 29.6. The molecule has 4 heteroatoms. The van der Waals surface area contributed by atoms with E-state index in [4.69, 9.17) is 15.3 Å². The number of rotatable bonds is 1. The van der Waals surface area contributed by atoms with Gasteiger partial charge in [-0.05, 0) is 13.0 Å². The van der Waals surface area contributed by atoms with Crippen LogP contribution >= 0.6 is 0 Å². The SMILES string of the molecule is CC(O)C1=CC(O)C(O)=CN1. The molecule has 1 aliphatic heterocycles. The molecule has 1 rings (SSSR count). The van der Waals surface area contributed by atoms with Crippen molar-refractivity contribution in [3.63, 3.8) is 0 Å². The Bertz CT molecular complexity index is 208. The van der Waals surface area contributed by atoms with Crippen molar-refractivity contribution in [2.45, 2.75) is 19.1 Å². The molecule has 0 aromatic heterocycles. The molecule has 0 aliphatic carbocycles. The summed E-state index contributed by atoms with van der Waals surface area (Å²) < 4.78 is 0. The van der Waals surface area contributed by atoms with E-state index in [0.717, 1.165) is 0 Å². The van der Waals surface area contributed by atoms with Crippen LogP contribution in [-0.2, 0) is 0 Å². The van der Waals surface area contributed by atoms with Crippen LogP contribution < -0.4 is 5.32 Å². The number of hydrogen-bond acceptors (Lipinski definition) is 4. The first kappa shape index (κ1) is 8.10. The highest BCUT2D eigenvalue weighted by atomic mass is 16.3. The average molecular weight is 157 g/mol. The zero-order valence-electron chi connectivity index (χ0n) is 6.15. The molecular weight excluding hydrogens is 146 g/mol. The van der Waals surface area contributed by atoms with E-state index in [9.17, 15) is 0 Å². The molecule has 0 spiro atoms. The summed E-state index contributed by atoms with van der Waals surface area (Å²) in [6, 6.07) is 0. The van der Waals surface area contributed by atoms with Gasteiger partial charge in [0.1, 0.15) is 11.9 Å². The summed E-state index contributed by atoms with van der Waals surface area (Å²) in [5.41, 5.74) is 0.496. The Hall–Kier alpha value is -1.00. The van der Waals surface area contributed by atoms with E-state index < -0.39 is 12.2 Å². The second kappa shape index (κ2) is 2.94. The number of dihydropyridines is 1. The second-order valence-corrected chi connectivity index (χ2v) is 2.46. The molecule has 1 heterocycles. The van der Waals surface area contributed by atoms with Gasteiger partial charge in [0.15, 0.2) is 0 Å². The van der Waals surface area contributed by atoms with Gasteiger partial charge in [-0.2, -0.15) is 0 Å². The standard InChI is InChI=1S/C7H11NO3/c1-4(9)5-2-6(10)7(11)3-8-5/h2-4,6,8-11H,1H3. The molecule has 0 aromatic rings. The van der Waals surface area contributed by atoms with Crippen molar-refractivity contribution in [3.8, 4) is 0 Å². The van der Waals surface area contributed by atoms with Gasteiger partial charge in [-0.25, -0.2) is 0 Å². The molecule has 0 saturated carbocycles. The van der Waals surface area contributed by atoms with Gasteiger partial charge < -0.3 is 20.6 Å². The molecule has 4 nitrogen and oxygen atoms in total. The largest absolute Gasteiger partial charge is 0.508 e. The predicted octanol–water partition coefficient (Wildman–Crippen LogP) is -0.385. The molecule has 0 fully saturated rings. The lowest BCUT2D eigenvalue weighted by molar-refractivity contribution is 0.176. The molecule has 2 unspecified atom stereocenters. The van der Waals surface area contributed by atoms with Crippen LogP contribution in [0.25, 0.3) is 0 Å².